The van der Waals surface area contributed by atoms with E-state index in [1.165, 1.54) is 38.5 Å². The average molecular weight is 239 g/mol. The second-order valence-electron chi connectivity index (χ2n) is 4.58. The van der Waals surface area contributed by atoms with Crippen LogP contribution in [-0.4, -0.2) is 12.5 Å². The van der Waals surface area contributed by atoms with Gasteiger partial charge in [0.2, 0.25) is 5.91 Å². The molecule has 0 aromatic heterocycles. The maximum Gasteiger partial charge on any atom is 0.220 e. The molecule has 1 amide bonds. The lowest BCUT2D eigenvalue weighted by atomic mass is 10.1. The van der Waals surface area contributed by atoms with Crippen LogP contribution in [0.5, 0.6) is 0 Å². The largest absolute Gasteiger partial charge is 0.356 e. The number of unbranched alkanes of at least 4 members (excludes halogenated alkanes) is 6. The monoisotopic (exact) mass is 239 g/mol. The van der Waals surface area contributed by atoms with E-state index < -0.39 is 0 Å². The van der Waals surface area contributed by atoms with E-state index in [1.807, 2.05) is 13.0 Å². The smallest absolute Gasteiger partial charge is 0.220 e. The number of hydrogen-bond donors (Lipinski definition) is 1. The van der Waals surface area contributed by atoms with Crippen LogP contribution in [0, 0.1) is 0 Å². The van der Waals surface area contributed by atoms with Gasteiger partial charge in [0.25, 0.3) is 0 Å². The van der Waals surface area contributed by atoms with Gasteiger partial charge in [-0.05, 0) is 19.8 Å². The first-order valence-corrected chi connectivity index (χ1v) is 7.19. The van der Waals surface area contributed by atoms with Crippen LogP contribution in [0.2, 0.25) is 0 Å². The zero-order valence-electron chi connectivity index (χ0n) is 11.6. The molecule has 0 aliphatic heterocycles. The number of rotatable bonds is 11. The zero-order valence-corrected chi connectivity index (χ0v) is 11.6. The van der Waals surface area contributed by atoms with Gasteiger partial charge in [0.05, 0.1) is 0 Å². The number of carbonyl (C=O) groups is 1. The highest BCUT2D eigenvalue weighted by atomic mass is 16.1. The predicted octanol–water partition coefficient (Wildman–Crippen LogP) is 4.21. The van der Waals surface area contributed by atoms with Gasteiger partial charge in [-0.15, -0.1) is 0 Å². The number of amides is 1. The van der Waals surface area contributed by atoms with Gasteiger partial charge in [0, 0.05) is 13.0 Å². The summed E-state index contributed by atoms with van der Waals surface area (Å²) < 4.78 is 0. The molecule has 0 atom stereocenters. The lowest BCUT2D eigenvalue weighted by molar-refractivity contribution is -0.121. The quantitative estimate of drug-likeness (QED) is 0.425. The molecule has 0 unspecified atom stereocenters. The summed E-state index contributed by atoms with van der Waals surface area (Å²) in [6.07, 6.45) is 14.6. The minimum atomic E-state index is 0.211. The fraction of sp³-hybridized carbons (Fsp3) is 0.800. The second-order valence-corrected chi connectivity index (χ2v) is 4.58. The molecule has 0 saturated carbocycles. The Labute approximate surface area is 107 Å². The van der Waals surface area contributed by atoms with Crippen LogP contribution in [0.3, 0.4) is 0 Å². The van der Waals surface area contributed by atoms with Crippen molar-refractivity contribution in [2.75, 3.05) is 6.54 Å². The molecule has 1 N–H and O–H groups in total. The van der Waals surface area contributed by atoms with Gasteiger partial charge in [-0.1, -0.05) is 57.6 Å². The Morgan fingerprint density at radius 1 is 1.06 bits per heavy atom. The normalized spacial score (nSPS) is 10.9. The van der Waals surface area contributed by atoms with Crippen molar-refractivity contribution in [3.05, 3.63) is 12.2 Å². The molecule has 0 fully saturated rings. The van der Waals surface area contributed by atoms with Gasteiger partial charge < -0.3 is 5.32 Å². The van der Waals surface area contributed by atoms with E-state index in [9.17, 15) is 4.79 Å². The molecule has 0 spiro atoms. The Morgan fingerprint density at radius 2 is 1.71 bits per heavy atom. The molecular formula is C15H29NO. The number of allylic oxidation sites excluding steroid dienone is 1. The summed E-state index contributed by atoms with van der Waals surface area (Å²) in [5.41, 5.74) is 0. The molecular weight excluding hydrogens is 210 g/mol. The fourth-order valence-corrected chi connectivity index (χ4v) is 1.79. The van der Waals surface area contributed by atoms with E-state index in [-0.39, 0.29) is 5.91 Å². The lowest BCUT2D eigenvalue weighted by Crippen LogP contribution is -2.23. The van der Waals surface area contributed by atoms with E-state index in [0.29, 0.717) is 6.42 Å². The van der Waals surface area contributed by atoms with Gasteiger partial charge >= 0.3 is 0 Å². The van der Waals surface area contributed by atoms with E-state index in [4.69, 9.17) is 0 Å². The molecule has 0 bridgehead atoms. The molecule has 0 aromatic carbocycles. The molecule has 2 nitrogen and oxygen atoms in total. The van der Waals surface area contributed by atoms with Crippen LogP contribution in [0.4, 0.5) is 0 Å². The highest BCUT2D eigenvalue weighted by Gasteiger charge is 1.99. The Bertz CT molecular complexity index is 199. The van der Waals surface area contributed by atoms with Crippen LogP contribution in [-0.2, 0) is 4.79 Å². The number of hydrogen-bond acceptors (Lipinski definition) is 1. The molecule has 0 saturated heterocycles. The molecule has 0 radical (unpaired) electrons. The molecule has 0 heterocycles. The van der Waals surface area contributed by atoms with E-state index in [0.717, 1.165) is 19.4 Å². The van der Waals surface area contributed by atoms with Gasteiger partial charge in [0.1, 0.15) is 0 Å². The first-order valence-electron chi connectivity index (χ1n) is 7.19. The van der Waals surface area contributed by atoms with E-state index in [2.05, 4.69) is 18.3 Å². The highest BCUT2D eigenvalue weighted by molar-refractivity contribution is 5.75. The standard InChI is InChI=1S/C15H29NO/c1-3-5-7-8-9-10-11-13-15(17)16-14-12-6-4-2/h4,6H,3,5,7-14H2,1-2H3,(H,16,17)/b6-4+. The number of nitrogens with one attached hydrogen (secondary N) is 1. The fourth-order valence-electron chi connectivity index (χ4n) is 1.79. The van der Waals surface area contributed by atoms with Crippen LogP contribution in [0.25, 0.3) is 0 Å². The van der Waals surface area contributed by atoms with Crippen LogP contribution >= 0.6 is 0 Å². The molecule has 100 valence electrons. The molecule has 2 heteroatoms. The lowest BCUT2D eigenvalue weighted by Gasteiger charge is -2.03. The third kappa shape index (κ3) is 13.1. The van der Waals surface area contributed by atoms with E-state index in [1.54, 1.807) is 0 Å². The van der Waals surface area contributed by atoms with Crippen molar-refractivity contribution in [3.8, 4) is 0 Å². The van der Waals surface area contributed by atoms with Crippen molar-refractivity contribution >= 4 is 5.91 Å². The molecule has 0 aromatic rings. The topological polar surface area (TPSA) is 29.1 Å². The third-order valence-corrected chi connectivity index (χ3v) is 2.88. The minimum absolute atomic E-state index is 0.211. The third-order valence-electron chi connectivity index (χ3n) is 2.88. The molecule has 0 aliphatic carbocycles. The first-order chi connectivity index (χ1) is 8.31. The SMILES string of the molecule is C/C=C/CCNC(=O)CCCCCCCCC. The van der Waals surface area contributed by atoms with Gasteiger partial charge in [0.15, 0.2) is 0 Å². The van der Waals surface area contributed by atoms with Crippen molar-refractivity contribution < 1.29 is 4.79 Å². The Hall–Kier alpha value is -0.790. The van der Waals surface area contributed by atoms with Gasteiger partial charge in [-0.25, -0.2) is 0 Å². The van der Waals surface area contributed by atoms with Crippen molar-refractivity contribution in [2.45, 2.75) is 71.6 Å². The molecule has 0 rings (SSSR count). The van der Waals surface area contributed by atoms with Crippen LogP contribution in [0.1, 0.15) is 71.6 Å². The van der Waals surface area contributed by atoms with Gasteiger partial charge in [-0.3, -0.25) is 4.79 Å². The van der Waals surface area contributed by atoms with Crippen LogP contribution in [0.15, 0.2) is 12.2 Å². The Balaban J connectivity index is 3.16. The summed E-state index contributed by atoms with van der Waals surface area (Å²) in [4.78, 5) is 11.4. The maximum absolute atomic E-state index is 11.4. The maximum atomic E-state index is 11.4. The van der Waals surface area contributed by atoms with Crippen LogP contribution < -0.4 is 5.32 Å². The summed E-state index contributed by atoms with van der Waals surface area (Å²) in [6.45, 7) is 5.01. The molecule has 0 aliphatic rings. The second kappa shape index (κ2) is 13.3. The first kappa shape index (κ1) is 16.2. The van der Waals surface area contributed by atoms with Crippen molar-refractivity contribution in [2.24, 2.45) is 0 Å². The summed E-state index contributed by atoms with van der Waals surface area (Å²) in [5.74, 6) is 0.211. The average Bonchev–Trinajstić information content (AvgIpc) is 2.33. The minimum Gasteiger partial charge on any atom is -0.356 e. The molecule has 17 heavy (non-hydrogen) atoms. The summed E-state index contributed by atoms with van der Waals surface area (Å²) >= 11 is 0. The number of carbonyl (C=O) groups excluding carboxylic acids is 1. The van der Waals surface area contributed by atoms with Gasteiger partial charge in [-0.2, -0.15) is 0 Å². The summed E-state index contributed by atoms with van der Waals surface area (Å²) in [5, 5.41) is 2.94. The van der Waals surface area contributed by atoms with Crippen molar-refractivity contribution in [1.29, 1.82) is 0 Å². The Kier molecular flexibility index (Phi) is 12.7. The summed E-state index contributed by atoms with van der Waals surface area (Å²) in [7, 11) is 0. The van der Waals surface area contributed by atoms with E-state index >= 15 is 0 Å². The predicted molar refractivity (Wildman–Crippen MR) is 75.1 cm³/mol. The zero-order chi connectivity index (χ0) is 12.8. The highest BCUT2D eigenvalue weighted by Crippen LogP contribution is 2.08. The van der Waals surface area contributed by atoms with Crippen molar-refractivity contribution in [3.63, 3.8) is 0 Å². The van der Waals surface area contributed by atoms with Crippen molar-refractivity contribution in [1.82, 2.24) is 5.32 Å². The Morgan fingerprint density at radius 3 is 2.35 bits per heavy atom. The summed E-state index contributed by atoms with van der Waals surface area (Å²) in [6, 6.07) is 0.